The number of hydrogen-bond donors (Lipinski definition) is 0. The number of amides is 1. The molecule has 0 N–H and O–H groups in total. The van der Waals surface area contributed by atoms with Crippen molar-refractivity contribution >= 4 is 17.2 Å². The van der Waals surface area contributed by atoms with Crippen molar-refractivity contribution in [2.45, 2.75) is 87.1 Å². The van der Waals surface area contributed by atoms with Gasteiger partial charge in [-0.2, -0.15) is 0 Å². The number of fused-ring (bicyclic) bond motifs is 1. The number of hydrogen-bond acceptors (Lipinski definition) is 2. The maximum Gasteiger partial charge on any atom is 0.252 e. The first-order valence-electron chi connectivity index (χ1n) is 13.6. The lowest BCUT2D eigenvalue weighted by Gasteiger charge is -2.41. The van der Waals surface area contributed by atoms with Crippen molar-refractivity contribution in [3.63, 3.8) is 0 Å². The van der Waals surface area contributed by atoms with Gasteiger partial charge in [-0.1, -0.05) is 61.4 Å². The Balaban J connectivity index is 1.77. The van der Waals surface area contributed by atoms with Crippen LogP contribution in [0.3, 0.4) is 0 Å². The van der Waals surface area contributed by atoms with Crippen molar-refractivity contribution in [1.82, 2.24) is 0 Å². The van der Waals surface area contributed by atoms with E-state index in [0.717, 1.165) is 28.1 Å². The molecule has 0 saturated carbocycles. The lowest BCUT2D eigenvalue weighted by molar-refractivity contribution is -0.115. The summed E-state index contributed by atoms with van der Waals surface area (Å²) in [5.41, 5.74) is 8.01. The molecule has 3 nitrogen and oxygen atoms in total. The van der Waals surface area contributed by atoms with Crippen LogP contribution in [0.25, 0.3) is 5.57 Å². The van der Waals surface area contributed by atoms with Crippen LogP contribution in [0.4, 0.5) is 5.69 Å². The SMILES string of the molecule is CCOc1ccc2c(c1)C(C)=CC(C)(C)N2C(=O)/C=C(C)/C=C/C=C(C)/C=C/C1=C(C)CCCC1(C)C. The summed E-state index contributed by atoms with van der Waals surface area (Å²) in [5.74, 6) is 0.800. The largest absolute Gasteiger partial charge is 0.494 e. The van der Waals surface area contributed by atoms with Gasteiger partial charge in [0.15, 0.2) is 0 Å². The van der Waals surface area contributed by atoms with Gasteiger partial charge >= 0.3 is 0 Å². The number of carbonyl (C=O) groups is 1. The predicted molar refractivity (Wildman–Crippen MR) is 159 cm³/mol. The Hall–Kier alpha value is -3.07. The third-order valence-electron chi connectivity index (χ3n) is 7.44. The molecule has 0 bridgehead atoms. The summed E-state index contributed by atoms with van der Waals surface area (Å²) in [6.45, 7) is 19.9. The Kier molecular flexibility index (Phi) is 8.89. The molecule has 2 aliphatic rings. The zero-order chi connectivity index (χ0) is 27.4. The van der Waals surface area contributed by atoms with Crippen LogP contribution in [0.1, 0.15) is 87.1 Å². The monoisotopic (exact) mass is 499 g/mol. The zero-order valence-electron chi connectivity index (χ0n) is 24.4. The van der Waals surface area contributed by atoms with E-state index in [9.17, 15) is 4.79 Å². The lowest BCUT2D eigenvalue weighted by Crippen LogP contribution is -2.48. The van der Waals surface area contributed by atoms with E-state index in [-0.39, 0.29) is 11.3 Å². The maximum absolute atomic E-state index is 13.5. The highest BCUT2D eigenvalue weighted by Gasteiger charge is 2.35. The normalized spacial score (nSPS) is 19.9. The van der Waals surface area contributed by atoms with Gasteiger partial charge < -0.3 is 4.74 Å². The molecule has 1 amide bonds. The van der Waals surface area contributed by atoms with E-state index in [1.54, 1.807) is 6.08 Å². The Morgan fingerprint density at radius 1 is 1.08 bits per heavy atom. The van der Waals surface area contributed by atoms with Gasteiger partial charge in [-0.3, -0.25) is 9.69 Å². The van der Waals surface area contributed by atoms with Gasteiger partial charge in [-0.15, -0.1) is 0 Å². The molecule has 0 aromatic heterocycles. The molecule has 0 atom stereocenters. The highest BCUT2D eigenvalue weighted by molar-refractivity contribution is 6.06. The molecule has 1 aromatic rings. The molecule has 1 aromatic carbocycles. The van der Waals surface area contributed by atoms with Crippen LogP contribution >= 0.6 is 0 Å². The van der Waals surface area contributed by atoms with Crippen LogP contribution < -0.4 is 9.64 Å². The molecular formula is C34H45NO2. The maximum atomic E-state index is 13.5. The fraction of sp³-hybridized carbons (Fsp3) is 0.441. The Bertz CT molecular complexity index is 1210. The van der Waals surface area contributed by atoms with Gasteiger partial charge in [0.2, 0.25) is 0 Å². The van der Waals surface area contributed by atoms with Crippen molar-refractivity contribution in [3.8, 4) is 5.75 Å². The van der Waals surface area contributed by atoms with E-state index in [1.165, 1.54) is 36.0 Å². The van der Waals surface area contributed by atoms with Crippen LogP contribution in [0.15, 0.2) is 83.0 Å². The number of nitrogens with zero attached hydrogens (tertiary/aromatic N) is 1. The number of benzene rings is 1. The summed E-state index contributed by atoms with van der Waals surface area (Å²) in [7, 11) is 0. The number of allylic oxidation sites excluding steroid dienone is 10. The molecule has 1 aliphatic heterocycles. The number of rotatable bonds is 7. The van der Waals surface area contributed by atoms with E-state index in [2.05, 4.69) is 72.8 Å². The Morgan fingerprint density at radius 3 is 2.49 bits per heavy atom. The fourth-order valence-electron chi connectivity index (χ4n) is 5.61. The second kappa shape index (κ2) is 11.5. The molecule has 1 aliphatic carbocycles. The average Bonchev–Trinajstić information content (AvgIpc) is 2.78. The van der Waals surface area contributed by atoms with Crippen LogP contribution in [-0.2, 0) is 4.79 Å². The van der Waals surface area contributed by atoms with Gasteiger partial charge in [0.25, 0.3) is 5.91 Å². The summed E-state index contributed by atoms with van der Waals surface area (Å²) in [5, 5.41) is 0. The van der Waals surface area contributed by atoms with Gasteiger partial charge in [-0.05, 0) is 108 Å². The van der Waals surface area contributed by atoms with Crippen LogP contribution in [-0.4, -0.2) is 18.1 Å². The summed E-state index contributed by atoms with van der Waals surface area (Å²) in [6.07, 6.45) is 18.2. The molecule has 0 radical (unpaired) electrons. The Morgan fingerprint density at radius 2 is 1.81 bits per heavy atom. The minimum atomic E-state index is -0.428. The minimum absolute atomic E-state index is 0.0242. The summed E-state index contributed by atoms with van der Waals surface area (Å²) in [6, 6.07) is 5.98. The number of ether oxygens (including phenoxy) is 1. The third-order valence-corrected chi connectivity index (χ3v) is 7.44. The summed E-state index contributed by atoms with van der Waals surface area (Å²) in [4.78, 5) is 15.4. The molecule has 0 saturated heterocycles. The molecule has 3 heteroatoms. The highest BCUT2D eigenvalue weighted by atomic mass is 16.5. The molecule has 3 rings (SSSR count). The van der Waals surface area contributed by atoms with Crippen molar-refractivity contribution in [3.05, 3.63) is 88.6 Å². The minimum Gasteiger partial charge on any atom is -0.494 e. The van der Waals surface area contributed by atoms with Gasteiger partial charge in [0.1, 0.15) is 5.75 Å². The van der Waals surface area contributed by atoms with Crippen molar-refractivity contribution in [1.29, 1.82) is 0 Å². The second-order valence-electron chi connectivity index (χ2n) is 11.7. The quantitative estimate of drug-likeness (QED) is 0.276. The summed E-state index contributed by atoms with van der Waals surface area (Å²) < 4.78 is 5.70. The van der Waals surface area contributed by atoms with E-state index in [4.69, 9.17) is 4.74 Å². The van der Waals surface area contributed by atoms with E-state index in [1.807, 2.05) is 49.1 Å². The molecule has 0 spiro atoms. The van der Waals surface area contributed by atoms with Gasteiger partial charge in [-0.25, -0.2) is 0 Å². The van der Waals surface area contributed by atoms with E-state index < -0.39 is 5.54 Å². The first kappa shape index (κ1) is 28.5. The first-order valence-corrected chi connectivity index (χ1v) is 13.6. The Labute approximate surface area is 225 Å². The van der Waals surface area contributed by atoms with Crippen molar-refractivity contribution in [2.75, 3.05) is 11.5 Å². The van der Waals surface area contributed by atoms with Crippen LogP contribution in [0.5, 0.6) is 5.75 Å². The predicted octanol–water partition coefficient (Wildman–Crippen LogP) is 9.15. The smallest absolute Gasteiger partial charge is 0.252 e. The van der Waals surface area contributed by atoms with Crippen molar-refractivity contribution < 1.29 is 9.53 Å². The van der Waals surface area contributed by atoms with E-state index >= 15 is 0 Å². The van der Waals surface area contributed by atoms with E-state index in [0.29, 0.717) is 6.61 Å². The second-order valence-corrected chi connectivity index (χ2v) is 11.7. The molecule has 0 unspecified atom stereocenters. The molecule has 37 heavy (non-hydrogen) atoms. The molecule has 0 fully saturated rings. The molecule has 1 heterocycles. The zero-order valence-corrected chi connectivity index (χ0v) is 24.4. The molecular weight excluding hydrogens is 454 g/mol. The van der Waals surface area contributed by atoms with Crippen molar-refractivity contribution in [2.24, 2.45) is 5.41 Å². The van der Waals surface area contributed by atoms with Crippen LogP contribution in [0.2, 0.25) is 0 Å². The van der Waals surface area contributed by atoms with Gasteiger partial charge in [0.05, 0.1) is 17.8 Å². The first-order chi connectivity index (χ1) is 17.4. The lowest BCUT2D eigenvalue weighted by atomic mass is 9.72. The topological polar surface area (TPSA) is 29.5 Å². The number of carbonyl (C=O) groups excluding carboxylic acids is 1. The van der Waals surface area contributed by atoms with Gasteiger partial charge in [0, 0.05) is 11.6 Å². The summed E-state index contributed by atoms with van der Waals surface area (Å²) >= 11 is 0. The number of anilines is 1. The van der Waals surface area contributed by atoms with Crippen LogP contribution in [0, 0.1) is 5.41 Å². The standard InChI is InChI=1S/C34H45NO2/c1-10-37-28-17-19-31-29(22-28)27(5)23-34(8,9)35(31)32(36)21-25(3)14-11-13-24(2)16-18-30-26(4)15-12-20-33(30,6)7/h11,13-14,16-19,21-23H,10,12,15,20H2,1-9H3/b14-11+,18-16+,24-13+,25-21+. The average molecular weight is 500 g/mol. The highest BCUT2D eigenvalue weighted by Crippen LogP contribution is 2.42. The third kappa shape index (κ3) is 6.83. The molecule has 198 valence electrons. The fourth-order valence-corrected chi connectivity index (χ4v) is 5.61.